The molecule has 2 atom stereocenters. The summed E-state index contributed by atoms with van der Waals surface area (Å²) in [6, 6.07) is 13.4. The van der Waals surface area contributed by atoms with Crippen molar-refractivity contribution < 1.29 is 14.3 Å². The van der Waals surface area contributed by atoms with Gasteiger partial charge in [-0.2, -0.15) is 0 Å². The fraction of sp³-hybridized carbons (Fsp3) is 0.435. The van der Waals surface area contributed by atoms with Crippen molar-refractivity contribution in [1.82, 2.24) is 10.2 Å². The zero-order chi connectivity index (χ0) is 21.7. The van der Waals surface area contributed by atoms with Crippen LogP contribution < -0.4 is 10.6 Å². The zero-order valence-electron chi connectivity index (χ0n) is 17.3. The summed E-state index contributed by atoms with van der Waals surface area (Å²) < 4.78 is 13.8. The van der Waals surface area contributed by atoms with Crippen LogP contribution in [0.2, 0.25) is 5.02 Å². The molecule has 0 bridgehead atoms. The lowest BCUT2D eigenvalue weighted by Crippen LogP contribution is -2.55. The lowest BCUT2D eigenvalue weighted by Gasteiger charge is -2.36. The number of halogens is 2. The molecule has 30 heavy (non-hydrogen) atoms. The number of carbonyl (C=O) groups is 1. The summed E-state index contributed by atoms with van der Waals surface area (Å²) in [5.41, 5.74) is 1.42. The van der Waals surface area contributed by atoms with E-state index in [4.69, 9.17) is 11.6 Å². The van der Waals surface area contributed by atoms with Crippen LogP contribution in [0.5, 0.6) is 0 Å². The van der Waals surface area contributed by atoms with E-state index in [1.54, 1.807) is 12.1 Å². The molecule has 1 unspecified atom stereocenters. The molecule has 0 saturated carbocycles. The van der Waals surface area contributed by atoms with Gasteiger partial charge in [0.2, 0.25) is 5.91 Å². The second-order valence-electron chi connectivity index (χ2n) is 8.07. The Labute approximate surface area is 182 Å². The van der Waals surface area contributed by atoms with Crippen LogP contribution in [0.4, 0.5) is 10.1 Å². The highest BCUT2D eigenvalue weighted by molar-refractivity contribution is 6.30. The van der Waals surface area contributed by atoms with Gasteiger partial charge in [-0.3, -0.25) is 10.1 Å². The second kappa shape index (κ2) is 10.2. The third-order valence-electron chi connectivity index (χ3n) is 5.58. The number of carbonyl (C=O) groups excluding carboxylic acids is 1. The van der Waals surface area contributed by atoms with Crippen LogP contribution >= 0.6 is 11.6 Å². The van der Waals surface area contributed by atoms with Gasteiger partial charge in [-0.1, -0.05) is 49.7 Å². The van der Waals surface area contributed by atoms with Crippen LogP contribution in [0, 0.1) is 11.7 Å². The Morgan fingerprint density at radius 2 is 1.77 bits per heavy atom. The summed E-state index contributed by atoms with van der Waals surface area (Å²) in [5.74, 6) is -0.141. The van der Waals surface area contributed by atoms with Crippen LogP contribution in [-0.4, -0.2) is 41.4 Å². The van der Waals surface area contributed by atoms with Crippen LogP contribution in [0.3, 0.4) is 0 Å². The molecular formula is C23H29ClFN3O2. The van der Waals surface area contributed by atoms with Gasteiger partial charge in [0, 0.05) is 18.1 Å². The van der Waals surface area contributed by atoms with E-state index < -0.39 is 18.2 Å². The Kier molecular flexibility index (Phi) is 7.69. The van der Waals surface area contributed by atoms with Crippen molar-refractivity contribution in [2.75, 3.05) is 18.4 Å². The van der Waals surface area contributed by atoms with Crippen LogP contribution in [0.1, 0.15) is 38.2 Å². The molecule has 162 valence electrons. The lowest BCUT2D eigenvalue weighted by atomic mass is 9.89. The number of piperidine rings is 1. The molecule has 0 radical (unpaired) electrons. The molecule has 0 spiro atoms. The van der Waals surface area contributed by atoms with Crippen molar-refractivity contribution in [3.63, 3.8) is 0 Å². The van der Waals surface area contributed by atoms with Gasteiger partial charge in [0.25, 0.3) is 0 Å². The number of hydrogen-bond acceptors (Lipinski definition) is 4. The first-order valence-electron chi connectivity index (χ1n) is 10.3. The molecule has 1 heterocycles. The maximum absolute atomic E-state index is 13.8. The van der Waals surface area contributed by atoms with Gasteiger partial charge in [-0.05, 0) is 54.5 Å². The van der Waals surface area contributed by atoms with Gasteiger partial charge in [0.1, 0.15) is 5.82 Å². The Morgan fingerprint density at radius 1 is 1.13 bits per heavy atom. The standard InChI is InChI=1S/C23H29ClFN3O2/c1-15(2)21(27-23(30)26-20-6-4-3-5-19(20)25)22(29)28-13-11-17(12-14-28)16-7-9-18(24)10-8-16/h3-10,15,17,21,23,26-27,30H,11-14H2,1-2H3/t21-,23?/m1/s1. The van der Waals surface area contributed by atoms with Gasteiger partial charge in [-0.15, -0.1) is 0 Å². The van der Waals surface area contributed by atoms with Gasteiger partial charge >= 0.3 is 0 Å². The first kappa shape index (κ1) is 22.5. The smallest absolute Gasteiger partial charge is 0.240 e. The number of nitrogens with one attached hydrogen (secondary N) is 2. The number of aliphatic hydroxyl groups excluding tert-OH is 1. The highest BCUT2D eigenvalue weighted by Gasteiger charge is 2.31. The van der Waals surface area contributed by atoms with E-state index in [0.717, 1.165) is 17.9 Å². The molecule has 2 aromatic rings. The molecule has 2 aromatic carbocycles. The third kappa shape index (κ3) is 5.72. The van der Waals surface area contributed by atoms with Crippen molar-refractivity contribution in [1.29, 1.82) is 0 Å². The predicted molar refractivity (Wildman–Crippen MR) is 118 cm³/mol. The van der Waals surface area contributed by atoms with E-state index in [0.29, 0.717) is 19.0 Å². The monoisotopic (exact) mass is 433 g/mol. The van der Waals surface area contributed by atoms with Crippen molar-refractivity contribution in [3.05, 3.63) is 64.9 Å². The molecule has 1 aliphatic heterocycles. The van der Waals surface area contributed by atoms with Gasteiger partial charge in [0.05, 0.1) is 11.7 Å². The van der Waals surface area contributed by atoms with Gasteiger partial charge in [-0.25, -0.2) is 4.39 Å². The molecule has 0 aromatic heterocycles. The quantitative estimate of drug-likeness (QED) is 0.573. The molecule has 0 aliphatic carbocycles. The normalized spacial score (nSPS) is 17.1. The summed E-state index contributed by atoms with van der Waals surface area (Å²) in [5, 5.41) is 16.6. The van der Waals surface area contributed by atoms with Crippen molar-refractivity contribution in [2.45, 2.75) is 45.0 Å². The Balaban J connectivity index is 1.57. The molecule has 1 aliphatic rings. The van der Waals surface area contributed by atoms with Crippen molar-refractivity contribution in [2.24, 2.45) is 5.92 Å². The molecule has 3 rings (SSSR count). The highest BCUT2D eigenvalue weighted by Crippen LogP contribution is 2.29. The maximum atomic E-state index is 13.8. The second-order valence-corrected chi connectivity index (χ2v) is 8.50. The van der Waals surface area contributed by atoms with Crippen LogP contribution in [-0.2, 0) is 4.79 Å². The number of anilines is 1. The minimum atomic E-state index is -1.25. The number of aliphatic hydroxyl groups is 1. The van der Waals surface area contributed by atoms with Crippen LogP contribution in [0.15, 0.2) is 48.5 Å². The van der Waals surface area contributed by atoms with E-state index in [-0.39, 0.29) is 17.5 Å². The summed E-state index contributed by atoms with van der Waals surface area (Å²) >= 11 is 5.97. The predicted octanol–water partition coefficient (Wildman–Crippen LogP) is 4.19. The number of benzene rings is 2. The molecule has 1 amide bonds. The SMILES string of the molecule is CC(C)[C@@H](NC(O)Nc1ccccc1F)C(=O)N1CCC(c2ccc(Cl)cc2)CC1. The lowest BCUT2D eigenvalue weighted by molar-refractivity contribution is -0.136. The summed E-state index contributed by atoms with van der Waals surface area (Å²) in [6.07, 6.45) is 0.521. The van der Waals surface area contributed by atoms with Crippen molar-refractivity contribution in [3.8, 4) is 0 Å². The number of hydrogen-bond donors (Lipinski definition) is 3. The molecule has 7 heteroatoms. The molecule has 1 saturated heterocycles. The van der Waals surface area contributed by atoms with Crippen molar-refractivity contribution >= 4 is 23.2 Å². The molecule has 1 fully saturated rings. The maximum Gasteiger partial charge on any atom is 0.240 e. The fourth-order valence-corrected chi connectivity index (χ4v) is 3.98. The molecule has 5 nitrogen and oxygen atoms in total. The number of rotatable bonds is 7. The zero-order valence-corrected chi connectivity index (χ0v) is 18.1. The minimum Gasteiger partial charge on any atom is -0.361 e. The Morgan fingerprint density at radius 3 is 2.37 bits per heavy atom. The third-order valence-corrected chi connectivity index (χ3v) is 5.84. The van der Waals surface area contributed by atoms with E-state index in [2.05, 4.69) is 10.6 Å². The largest absolute Gasteiger partial charge is 0.361 e. The average Bonchev–Trinajstić information content (AvgIpc) is 2.74. The van der Waals surface area contributed by atoms with Crippen LogP contribution in [0.25, 0.3) is 0 Å². The molecular weight excluding hydrogens is 405 g/mol. The van der Waals surface area contributed by atoms with E-state index >= 15 is 0 Å². The summed E-state index contributed by atoms with van der Waals surface area (Å²) in [6.45, 7) is 5.17. The summed E-state index contributed by atoms with van der Waals surface area (Å²) in [4.78, 5) is 15.0. The topological polar surface area (TPSA) is 64.6 Å². The van der Waals surface area contributed by atoms with Gasteiger partial charge < -0.3 is 15.3 Å². The Hall–Kier alpha value is -2.15. The average molecular weight is 434 g/mol. The summed E-state index contributed by atoms with van der Waals surface area (Å²) in [7, 11) is 0. The first-order valence-corrected chi connectivity index (χ1v) is 10.7. The fourth-order valence-electron chi connectivity index (χ4n) is 3.85. The van der Waals surface area contributed by atoms with E-state index in [1.807, 2.05) is 43.0 Å². The highest BCUT2D eigenvalue weighted by atomic mass is 35.5. The number of amides is 1. The number of para-hydroxylation sites is 1. The van der Waals surface area contributed by atoms with E-state index in [9.17, 15) is 14.3 Å². The number of nitrogens with zero attached hydrogens (tertiary/aromatic N) is 1. The van der Waals surface area contributed by atoms with E-state index in [1.165, 1.54) is 17.7 Å². The number of likely N-dealkylation sites (tertiary alicyclic amines) is 1. The first-order chi connectivity index (χ1) is 14.3. The Bertz CT molecular complexity index is 839. The van der Waals surface area contributed by atoms with Gasteiger partial charge in [0.15, 0.2) is 6.35 Å². The minimum absolute atomic E-state index is 0.0384. The molecule has 3 N–H and O–H groups in total.